The second kappa shape index (κ2) is 4.34. The molecule has 1 aliphatic rings. The first-order valence-corrected chi connectivity index (χ1v) is 4.20. The van der Waals surface area contributed by atoms with Crippen LogP contribution in [0.5, 0.6) is 0 Å². The average Bonchev–Trinajstić information content (AvgIpc) is 2.40. The van der Waals surface area contributed by atoms with Gasteiger partial charge in [0.2, 0.25) is 5.91 Å². The summed E-state index contributed by atoms with van der Waals surface area (Å²) in [4.78, 5) is 11.0. The van der Waals surface area contributed by atoms with E-state index in [-0.39, 0.29) is 11.9 Å². The molecule has 1 aliphatic heterocycles. The Hall–Kier alpha value is -0.570. The van der Waals surface area contributed by atoms with Crippen molar-refractivity contribution in [2.75, 3.05) is 13.2 Å². The fourth-order valence-corrected chi connectivity index (χ4v) is 1.18. The van der Waals surface area contributed by atoms with Gasteiger partial charge < -0.3 is 10.1 Å². The van der Waals surface area contributed by atoms with Gasteiger partial charge in [0.25, 0.3) is 0 Å². The average molecular weight is 157 g/mol. The third-order valence-corrected chi connectivity index (χ3v) is 1.77. The number of amides is 1. The van der Waals surface area contributed by atoms with Crippen molar-refractivity contribution in [2.24, 2.45) is 0 Å². The predicted molar refractivity (Wildman–Crippen MR) is 42.3 cm³/mol. The summed E-state index contributed by atoms with van der Waals surface area (Å²) in [5, 5.41) is 2.92. The predicted octanol–water partition coefficient (Wildman–Crippen LogP) is 0.692. The molecule has 1 heterocycles. The summed E-state index contributed by atoms with van der Waals surface area (Å²) < 4.78 is 5.12. The van der Waals surface area contributed by atoms with Gasteiger partial charge in [-0.3, -0.25) is 4.79 Å². The summed E-state index contributed by atoms with van der Waals surface area (Å²) in [5.74, 6) is 0.156. The Kier molecular flexibility index (Phi) is 3.36. The normalized spacial score (nSPS) is 23.5. The highest BCUT2D eigenvalue weighted by molar-refractivity contribution is 5.76. The van der Waals surface area contributed by atoms with E-state index < -0.39 is 0 Å². The molecular formula is C8H15NO2. The van der Waals surface area contributed by atoms with Crippen molar-refractivity contribution in [3.05, 3.63) is 0 Å². The smallest absolute Gasteiger partial charge is 0.220 e. The fourth-order valence-electron chi connectivity index (χ4n) is 1.18. The maximum atomic E-state index is 11.0. The molecule has 0 aromatic heterocycles. The summed E-state index contributed by atoms with van der Waals surface area (Å²) in [6.07, 6.45) is 2.52. The van der Waals surface area contributed by atoms with E-state index >= 15 is 0 Å². The van der Waals surface area contributed by atoms with Crippen molar-refractivity contribution < 1.29 is 9.53 Å². The maximum Gasteiger partial charge on any atom is 0.220 e. The Morgan fingerprint density at radius 3 is 3.09 bits per heavy atom. The molecule has 1 amide bonds. The van der Waals surface area contributed by atoms with Gasteiger partial charge >= 0.3 is 0 Å². The number of hydrogen-bond donors (Lipinski definition) is 1. The van der Waals surface area contributed by atoms with E-state index in [1.807, 2.05) is 6.92 Å². The quantitative estimate of drug-likeness (QED) is 0.654. The number of carbonyl (C=O) groups is 1. The summed E-state index contributed by atoms with van der Waals surface area (Å²) in [6, 6.07) is 0.272. The van der Waals surface area contributed by atoms with Crippen molar-refractivity contribution in [2.45, 2.75) is 32.2 Å². The van der Waals surface area contributed by atoms with Crippen LogP contribution in [0.2, 0.25) is 0 Å². The highest BCUT2D eigenvalue weighted by Gasteiger charge is 2.16. The highest BCUT2D eigenvalue weighted by Crippen LogP contribution is 2.03. The van der Waals surface area contributed by atoms with Crippen LogP contribution in [0, 0.1) is 0 Å². The third kappa shape index (κ3) is 2.89. The topological polar surface area (TPSA) is 38.3 Å². The third-order valence-electron chi connectivity index (χ3n) is 1.77. The van der Waals surface area contributed by atoms with Crippen molar-refractivity contribution >= 4 is 5.91 Å². The zero-order chi connectivity index (χ0) is 8.10. The van der Waals surface area contributed by atoms with Crippen molar-refractivity contribution in [1.29, 1.82) is 0 Å². The Bertz CT molecular complexity index is 130. The van der Waals surface area contributed by atoms with Gasteiger partial charge in [0, 0.05) is 13.0 Å². The molecule has 1 unspecified atom stereocenters. The van der Waals surface area contributed by atoms with E-state index in [4.69, 9.17) is 4.74 Å². The molecule has 1 atom stereocenters. The summed E-state index contributed by atoms with van der Waals surface area (Å²) in [7, 11) is 0. The Morgan fingerprint density at radius 2 is 2.55 bits per heavy atom. The highest BCUT2D eigenvalue weighted by atomic mass is 16.5. The van der Waals surface area contributed by atoms with E-state index in [9.17, 15) is 4.79 Å². The fraction of sp³-hybridized carbons (Fsp3) is 0.875. The van der Waals surface area contributed by atoms with Crippen LogP contribution in [0.15, 0.2) is 0 Å². The molecule has 1 fully saturated rings. The summed E-state index contributed by atoms with van der Waals surface area (Å²) in [5.41, 5.74) is 0. The maximum absolute atomic E-state index is 11.0. The minimum Gasteiger partial charge on any atom is -0.379 e. The molecule has 0 aliphatic carbocycles. The molecule has 11 heavy (non-hydrogen) atoms. The summed E-state index contributed by atoms with van der Waals surface area (Å²) in [6.45, 7) is 3.48. The molecule has 0 aromatic rings. The number of hydrogen-bond acceptors (Lipinski definition) is 2. The number of rotatable bonds is 3. The molecule has 1 rings (SSSR count). The first-order valence-electron chi connectivity index (χ1n) is 4.20. The van der Waals surface area contributed by atoms with Gasteiger partial charge in [-0.25, -0.2) is 0 Å². The number of nitrogens with one attached hydrogen (secondary N) is 1. The molecule has 0 spiro atoms. The lowest BCUT2D eigenvalue weighted by Gasteiger charge is -2.08. The van der Waals surface area contributed by atoms with Gasteiger partial charge in [0.15, 0.2) is 0 Å². The number of carbonyl (C=O) groups excluding carboxylic acids is 1. The number of ether oxygens (including phenoxy) is 1. The van der Waals surface area contributed by atoms with Gasteiger partial charge in [-0.1, -0.05) is 6.92 Å². The monoisotopic (exact) mass is 157 g/mol. The van der Waals surface area contributed by atoms with Crippen LogP contribution in [0.25, 0.3) is 0 Å². The van der Waals surface area contributed by atoms with Crippen LogP contribution in [-0.2, 0) is 9.53 Å². The molecule has 0 saturated carbocycles. The van der Waals surface area contributed by atoms with Gasteiger partial charge in [-0.15, -0.1) is 0 Å². The van der Waals surface area contributed by atoms with Gasteiger partial charge in [0.05, 0.1) is 12.6 Å². The zero-order valence-electron chi connectivity index (χ0n) is 6.93. The van der Waals surface area contributed by atoms with Crippen LogP contribution in [0.3, 0.4) is 0 Å². The van der Waals surface area contributed by atoms with E-state index in [0.29, 0.717) is 13.0 Å². The lowest BCUT2D eigenvalue weighted by Crippen LogP contribution is -2.34. The van der Waals surface area contributed by atoms with E-state index in [2.05, 4.69) is 5.32 Å². The minimum atomic E-state index is 0.156. The van der Waals surface area contributed by atoms with E-state index in [1.54, 1.807) is 0 Å². The minimum absolute atomic E-state index is 0.156. The SMILES string of the molecule is CCCC(=O)NC1CCOC1. The summed E-state index contributed by atoms with van der Waals surface area (Å²) >= 11 is 0. The lowest BCUT2D eigenvalue weighted by atomic mass is 10.2. The molecular weight excluding hydrogens is 142 g/mol. The van der Waals surface area contributed by atoms with Crippen LogP contribution < -0.4 is 5.32 Å². The second-order valence-corrected chi connectivity index (χ2v) is 2.88. The standard InChI is InChI=1S/C8H15NO2/c1-2-3-8(10)9-7-4-5-11-6-7/h7H,2-6H2,1H3,(H,9,10). The Morgan fingerprint density at radius 1 is 1.73 bits per heavy atom. The Balaban J connectivity index is 2.13. The largest absolute Gasteiger partial charge is 0.379 e. The van der Waals surface area contributed by atoms with Gasteiger partial charge in [-0.2, -0.15) is 0 Å². The van der Waals surface area contributed by atoms with E-state index in [1.165, 1.54) is 0 Å². The molecule has 3 nitrogen and oxygen atoms in total. The van der Waals surface area contributed by atoms with Gasteiger partial charge in [0.1, 0.15) is 0 Å². The first-order chi connectivity index (χ1) is 5.33. The molecule has 1 saturated heterocycles. The van der Waals surface area contributed by atoms with Crippen LogP contribution in [-0.4, -0.2) is 25.2 Å². The molecule has 1 N–H and O–H groups in total. The van der Waals surface area contributed by atoms with Crippen LogP contribution in [0.4, 0.5) is 0 Å². The van der Waals surface area contributed by atoms with Crippen molar-refractivity contribution in [3.8, 4) is 0 Å². The first kappa shape index (κ1) is 8.53. The molecule has 64 valence electrons. The molecule has 0 aromatic carbocycles. The molecule has 0 radical (unpaired) electrons. The lowest BCUT2D eigenvalue weighted by molar-refractivity contribution is -0.121. The van der Waals surface area contributed by atoms with Crippen molar-refractivity contribution in [1.82, 2.24) is 5.32 Å². The van der Waals surface area contributed by atoms with Crippen molar-refractivity contribution in [3.63, 3.8) is 0 Å². The van der Waals surface area contributed by atoms with Crippen LogP contribution >= 0.6 is 0 Å². The van der Waals surface area contributed by atoms with E-state index in [0.717, 1.165) is 19.4 Å². The van der Waals surface area contributed by atoms with Gasteiger partial charge in [-0.05, 0) is 12.8 Å². The second-order valence-electron chi connectivity index (χ2n) is 2.88. The molecule has 0 bridgehead atoms. The zero-order valence-corrected chi connectivity index (χ0v) is 6.93. The van der Waals surface area contributed by atoms with Crippen LogP contribution in [0.1, 0.15) is 26.2 Å². The molecule has 3 heteroatoms. The Labute approximate surface area is 67.1 Å².